The average molecular weight is 379 g/mol. The predicted octanol–water partition coefficient (Wildman–Crippen LogP) is 4.54. The van der Waals surface area contributed by atoms with Gasteiger partial charge in [-0.05, 0) is 55.3 Å². The first-order valence-corrected chi connectivity index (χ1v) is 8.49. The van der Waals surface area contributed by atoms with Gasteiger partial charge in [-0.1, -0.05) is 11.6 Å². The minimum Gasteiger partial charge on any atom is -0.494 e. The zero-order valence-electron chi connectivity index (χ0n) is 14.6. The number of carbonyl (C=O) groups excluding carboxylic acids is 2. The van der Waals surface area contributed by atoms with Gasteiger partial charge in [0.25, 0.3) is 0 Å². The first kappa shape index (κ1) is 19.7. The van der Waals surface area contributed by atoms with E-state index in [2.05, 4.69) is 10.6 Å². The molecule has 0 saturated carbocycles. The lowest BCUT2D eigenvalue weighted by molar-refractivity contribution is -0.116. The van der Waals surface area contributed by atoms with Crippen molar-refractivity contribution in [2.45, 2.75) is 26.7 Å². The quantitative estimate of drug-likeness (QED) is 0.695. The summed E-state index contributed by atoms with van der Waals surface area (Å²) < 4.78 is 19.4. The van der Waals surface area contributed by atoms with Crippen LogP contribution >= 0.6 is 11.6 Å². The van der Waals surface area contributed by atoms with Crippen molar-refractivity contribution in [3.63, 3.8) is 0 Å². The maximum Gasteiger partial charge on any atom is 0.224 e. The molecule has 2 aromatic carbocycles. The molecule has 2 rings (SSSR count). The molecule has 5 nitrogen and oxygen atoms in total. The van der Waals surface area contributed by atoms with Crippen molar-refractivity contribution < 1.29 is 18.7 Å². The summed E-state index contributed by atoms with van der Waals surface area (Å²) in [6.45, 7) is 3.58. The van der Waals surface area contributed by atoms with Crippen molar-refractivity contribution in [1.82, 2.24) is 0 Å². The molecule has 26 heavy (non-hydrogen) atoms. The van der Waals surface area contributed by atoms with Crippen molar-refractivity contribution in [3.8, 4) is 5.75 Å². The van der Waals surface area contributed by atoms with Crippen LogP contribution in [0.2, 0.25) is 5.02 Å². The average Bonchev–Trinajstić information content (AvgIpc) is 2.57. The molecule has 2 amide bonds. The van der Waals surface area contributed by atoms with Crippen LogP contribution in [0.1, 0.15) is 25.3 Å². The monoisotopic (exact) mass is 378 g/mol. The van der Waals surface area contributed by atoms with Crippen LogP contribution in [0, 0.1) is 12.7 Å². The van der Waals surface area contributed by atoms with E-state index in [1.54, 1.807) is 12.1 Å². The first-order valence-electron chi connectivity index (χ1n) is 8.11. The molecule has 2 aromatic rings. The number of amides is 2. The molecular weight excluding hydrogens is 359 g/mol. The summed E-state index contributed by atoms with van der Waals surface area (Å²) in [4.78, 5) is 23.0. The Bertz CT molecular complexity index is 811. The maximum atomic E-state index is 13.8. The molecular formula is C19H20ClFN2O3. The number of hydrogen-bond donors (Lipinski definition) is 2. The van der Waals surface area contributed by atoms with E-state index in [1.807, 2.05) is 13.0 Å². The fraction of sp³-hybridized carbons (Fsp3) is 0.263. The molecule has 0 aliphatic carbocycles. The minimum absolute atomic E-state index is 0.0236. The van der Waals surface area contributed by atoms with Crippen molar-refractivity contribution >= 4 is 34.8 Å². The fourth-order valence-corrected chi connectivity index (χ4v) is 2.36. The van der Waals surface area contributed by atoms with Crippen LogP contribution in [-0.2, 0) is 9.59 Å². The summed E-state index contributed by atoms with van der Waals surface area (Å²) in [6, 6.07) is 9.33. The zero-order chi connectivity index (χ0) is 19.1. The molecule has 0 atom stereocenters. The molecule has 0 bridgehead atoms. The number of ether oxygens (including phenoxy) is 1. The van der Waals surface area contributed by atoms with E-state index >= 15 is 0 Å². The Morgan fingerprint density at radius 2 is 1.92 bits per heavy atom. The summed E-state index contributed by atoms with van der Waals surface area (Å²) in [6.07, 6.45) is 0.650. The van der Waals surface area contributed by atoms with E-state index in [1.165, 1.54) is 25.1 Å². The second-order valence-corrected chi connectivity index (χ2v) is 6.19. The number of anilines is 2. The topological polar surface area (TPSA) is 67.4 Å². The molecule has 0 radical (unpaired) electrons. The highest BCUT2D eigenvalue weighted by molar-refractivity contribution is 6.31. The Morgan fingerprint density at radius 1 is 1.15 bits per heavy atom. The third-order valence-electron chi connectivity index (χ3n) is 3.51. The minimum atomic E-state index is -0.569. The van der Waals surface area contributed by atoms with Crippen LogP contribution in [0.15, 0.2) is 36.4 Å². The van der Waals surface area contributed by atoms with Gasteiger partial charge in [0.15, 0.2) is 0 Å². The molecule has 0 saturated heterocycles. The van der Waals surface area contributed by atoms with E-state index in [0.717, 1.165) is 5.56 Å². The second kappa shape index (κ2) is 9.20. The molecule has 2 N–H and O–H groups in total. The SMILES string of the molecule is CC(=O)Nc1ccc(F)c(NC(=O)CCCOc2ccc(Cl)c(C)c2)c1. The lowest BCUT2D eigenvalue weighted by atomic mass is 10.2. The summed E-state index contributed by atoms with van der Waals surface area (Å²) in [5, 5.41) is 5.71. The van der Waals surface area contributed by atoms with Gasteiger partial charge in [-0.15, -0.1) is 0 Å². The van der Waals surface area contributed by atoms with Gasteiger partial charge in [0.2, 0.25) is 11.8 Å². The van der Waals surface area contributed by atoms with Gasteiger partial charge in [-0.25, -0.2) is 4.39 Å². The van der Waals surface area contributed by atoms with Crippen molar-refractivity contribution in [2.24, 2.45) is 0 Å². The smallest absolute Gasteiger partial charge is 0.224 e. The zero-order valence-corrected chi connectivity index (χ0v) is 15.3. The highest BCUT2D eigenvalue weighted by Crippen LogP contribution is 2.22. The first-order chi connectivity index (χ1) is 12.3. The van der Waals surface area contributed by atoms with Gasteiger partial charge in [-0.2, -0.15) is 0 Å². The van der Waals surface area contributed by atoms with Crippen molar-refractivity contribution in [3.05, 3.63) is 52.8 Å². The summed E-state index contributed by atoms with van der Waals surface area (Å²) in [5.74, 6) is -0.495. The number of hydrogen-bond acceptors (Lipinski definition) is 3. The fourth-order valence-electron chi connectivity index (χ4n) is 2.24. The second-order valence-electron chi connectivity index (χ2n) is 5.79. The molecule has 0 unspecified atom stereocenters. The van der Waals surface area contributed by atoms with E-state index in [9.17, 15) is 14.0 Å². The number of halogens is 2. The van der Waals surface area contributed by atoms with Crippen LogP contribution in [0.5, 0.6) is 5.75 Å². The molecule has 0 aliphatic rings. The van der Waals surface area contributed by atoms with Crippen LogP contribution in [0.3, 0.4) is 0 Å². The maximum absolute atomic E-state index is 13.8. The number of rotatable bonds is 7. The third kappa shape index (κ3) is 6.04. The van der Waals surface area contributed by atoms with Crippen LogP contribution in [0.25, 0.3) is 0 Å². The molecule has 0 aliphatic heterocycles. The lowest BCUT2D eigenvalue weighted by Crippen LogP contribution is -2.14. The summed E-state index contributed by atoms with van der Waals surface area (Å²) in [5.41, 5.74) is 1.35. The van der Waals surface area contributed by atoms with Gasteiger partial charge in [0.1, 0.15) is 11.6 Å². The van der Waals surface area contributed by atoms with Crippen LogP contribution in [-0.4, -0.2) is 18.4 Å². The van der Waals surface area contributed by atoms with Gasteiger partial charge in [0, 0.05) is 24.1 Å². The lowest BCUT2D eigenvalue weighted by Gasteiger charge is -2.10. The molecule has 0 fully saturated rings. The molecule has 138 valence electrons. The highest BCUT2D eigenvalue weighted by Gasteiger charge is 2.09. The van der Waals surface area contributed by atoms with Crippen molar-refractivity contribution in [2.75, 3.05) is 17.2 Å². The number of carbonyl (C=O) groups is 2. The number of nitrogens with one attached hydrogen (secondary N) is 2. The standard InChI is InChI=1S/C19H20ClFN2O3/c1-12-10-15(6-7-16(12)20)26-9-3-4-19(25)23-18-11-14(22-13(2)24)5-8-17(18)21/h5-8,10-11H,3-4,9H2,1-2H3,(H,22,24)(H,23,25). The van der Waals surface area contributed by atoms with Crippen LogP contribution < -0.4 is 15.4 Å². The Morgan fingerprint density at radius 3 is 2.62 bits per heavy atom. The van der Waals surface area contributed by atoms with E-state index in [4.69, 9.17) is 16.3 Å². The largest absolute Gasteiger partial charge is 0.494 e. The van der Waals surface area contributed by atoms with Crippen LogP contribution in [0.4, 0.5) is 15.8 Å². The van der Waals surface area contributed by atoms with E-state index in [-0.39, 0.29) is 23.9 Å². The predicted molar refractivity (Wildman–Crippen MR) is 100 cm³/mol. The Hall–Kier alpha value is -2.60. The highest BCUT2D eigenvalue weighted by atomic mass is 35.5. The van der Waals surface area contributed by atoms with E-state index in [0.29, 0.717) is 29.5 Å². The van der Waals surface area contributed by atoms with Gasteiger partial charge < -0.3 is 15.4 Å². The third-order valence-corrected chi connectivity index (χ3v) is 3.93. The number of aryl methyl sites for hydroxylation is 1. The number of benzene rings is 2. The Labute approximate surface area is 156 Å². The Balaban J connectivity index is 1.81. The summed E-state index contributed by atoms with van der Waals surface area (Å²) in [7, 11) is 0. The Kier molecular flexibility index (Phi) is 6.97. The molecule has 0 spiro atoms. The summed E-state index contributed by atoms with van der Waals surface area (Å²) >= 11 is 5.95. The molecule has 0 heterocycles. The molecule has 7 heteroatoms. The van der Waals surface area contributed by atoms with Gasteiger partial charge in [-0.3, -0.25) is 9.59 Å². The normalized spacial score (nSPS) is 10.3. The van der Waals surface area contributed by atoms with E-state index < -0.39 is 5.82 Å². The van der Waals surface area contributed by atoms with Gasteiger partial charge >= 0.3 is 0 Å². The molecule has 0 aromatic heterocycles. The van der Waals surface area contributed by atoms with Gasteiger partial charge in [0.05, 0.1) is 12.3 Å². The van der Waals surface area contributed by atoms with Crippen molar-refractivity contribution in [1.29, 1.82) is 0 Å².